The van der Waals surface area contributed by atoms with E-state index in [1.807, 2.05) is 0 Å². The number of rotatable bonds is 5. The predicted molar refractivity (Wildman–Crippen MR) is 51.6 cm³/mol. The van der Waals surface area contributed by atoms with E-state index in [4.69, 9.17) is 0 Å². The molecule has 1 unspecified atom stereocenters. The highest BCUT2D eigenvalue weighted by atomic mass is 35.5. The molecule has 12 heavy (non-hydrogen) atoms. The van der Waals surface area contributed by atoms with Crippen molar-refractivity contribution >= 4 is 0 Å². The third-order valence-electron chi connectivity index (χ3n) is 2.07. The highest BCUT2D eigenvalue weighted by Crippen LogP contribution is 2.11. The van der Waals surface area contributed by atoms with Crippen LogP contribution in [0.4, 0.5) is 0 Å². The molecule has 0 aromatic carbocycles. The minimum Gasteiger partial charge on any atom is -1.00 e. The molecule has 0 rings (SSSR count). The SMILES string of the molecule is CCCC(C)CC[N+](C)(C)C.[Cl-]. The van der Waals surface area contributed by atoms with E-state index in [-0.39, 0.29) is 12.4 Å². The largest absolute Gasteiger partial charge is 1.00 e. The Morgan fingerprint density at radius 2 is 1.58 bits per heavy atom. The van der Waals surface area contributed by atoms with Crippen LogP contribution < -0.4 is 12.4 Å². The second-order valence-electron chi connectivity index (χ2n) is 4.70. The lowest BCUT2D eigenvalue weighted by molar-refractivity contribution is -0.870. The third kappa shape index (κ3) is 10.2. The molecule has 0 bridgehead atoms. The van der Waals surface area contributed by atoms with Crippen LogP contribution in [0, 0.1) is 5.92 Å². The van der Waals surface area contributed by atoms with E-state index in [2.05, 4.69) is 35.0 Å². The Hall–Kier alpha value is 0.250. The quantitative estimate of drug-likeness (QED) is 0.518. The highest BCUT2D eigenvalue weighted by molar-refractivity contribution is 4.50. The monoisotopic (exact) mass is 193 g/mol. The maximum Gasteiger partial charge on any atom is 0.0783 e. The first kappa shape index (κ1) is 14.8. The molecule has 0 aliphatic rings. The van der Waals surface area contributed by atoms with Gasteiger partial charge in [-0.25, -0.2) is 0 Å². The van der Waals surface area contributed by atoms with Gasteiger partial charge in [-0.05, 0) is 12.3 Å². The maximum atomic E-state index is 2.36. The van der Waals surface area contributed by atoms with Crippen LogP contribution in [-0.4, -0.2) is 32.2 Å². The zero-order chi connectivity index (χ0) is 8.91. The third-order valence-corrected chi connectivity index (χ3v) is 2.07. The summed E-state index contributed by atoms with van der Waals surface area (Å²) in [7, 11) is 6.79. The van der Waals surface area contributed by atoms with Crippen molar-refractivity contribution in [2.75, 3.05) is 27.7 Å². The Balaban J connectivity index is 0. The van der Waals surface area contributed by atoms with Gasteiger partial charge in [-0.3, -0.25) is 0 Å². The Morgan fingerprint density at radius 3 is 1.92 bits per heavy atom. The summed E-state index contributed by atoms with van der Waals surface area (Å²) in [6.07, 6.45) is 4.09. The topological polar surface area (TPSA) is 0 Å². The van der Waals surface area contributed by atoms with Crippen molar-refractivity contribution < 1.29 is 16.9 Å². The number of nitrogens with zero attached hydrogens (tertiary/aromatic N) is 1. The lowest BCUT2D eigenvalue weighted by Gasteiger charge is -2.25. The summed E-state index contributed by atoms with van der Waals surface area (Å²) in [5.41, 5.74) is 0. The van der Waals surface area contributed by atoms with Crippen LogP contribution in [0.2, 0.25) is 0 Å². The maximum absolute atomic E-state index is 2.36. The van der Waals surface area contributed by atoms with Gasteiger partial charge in [0.15, 0.2) is 0 Å². The van der Waals surface area contributed by atoms with Crippen molar-refractivity contribution in [2.45, 2.75) is 33.1 Å². The van der Waals surface area contributed by atoms with Crippen molar-refractivity contribution in [3.63, 3.8) is 0 Å². The first-order chi connectivity index (χ1) is 4.95. The van der Waals surface area contributed by atoms with Crippen molar-refractivity contribution in [3.8, 4) is 0 Å². The first-order valence-corrected chi connectivity index (χ1v) is 4.76. The van der Waals surface area contributed by atoms with E-state index in [1.54, 1.807) is 0 Å². The molecule has 0 N–H and O–H groups in total. The number of hydrogen-bond acceptors (Lipinski definition) is 0. The van der Waals surface area contributed by atoms with Gasteiger partial charge in [0.1, 0.15) is 0 Å². The second-order valence-corrected chi connectivity index (χ2v) is 4.70. The van der Waals surface area contributed by atoms with Crippen LogP contribution in [0.3, 0.4) is 0 Å². The van der Waals surface area contributed by atoms with Crippen molar-refractivity contribution in [3.05, 3.63) is 0 Å². The molecule has 0 amide bonds. The second kappa shape index (κ2) is 6.73. The molecule has 1 nitrogen and oxygen atoms in total. The van der Waals surface area contributed by atoms with E-state index in [1.165, 1.54) is 25.8 Å². The minimum absolute atomic E-state index is 0. The van der Waals surface area contributed by atoms with Gasteiger partial charge in [0.2, 0.25) is 0 Å². The summed E-state index contributed by atoms with van der Waals surface area (Å²) in [6.45, 7) is 5.93. The molecule has 0 aliphatic heterocycles. The van der Waals surface area contributed by atoms with Crippen LogP contribution in [0.1, 0.15) is 33.1 Å². The van der Waals surface area contributed by atoms with E-state index in [9.17, 15) is 0 Å². The molecule has 0 saturated heterocycles. The molecule has 2 heteroatoms. The summed E-state index contributed by atoms with van der Waals surface area (Å²) in [5.74, 6) is 0.914. The van der Waals surface area contributed by atoms with Crippen molar-refractivity contribution in [1.82, 2.24) is 0 Å². The molecular weight excluding hydrogens is 170 g/mol. The molecule has 0 saturated carbocycles. The van der Waals surface area contributed by atoms with Crippen LogP contribution in [0.25, 0.3) is 0 Å². The summed E-state index contributed by atoms with van der Waals surface area (Å²) in [4.78, 5) is 0. The van der Waals surface area contributed by atoms with Gasteiger partial charge >= 0.3 is 0 Å². The van der Waals surface area contributed by atoms with Gasteiger partial charge < -0.3 is 16.9 Å². The lowest BCUT2D eigenvalue weighted by Crippen LogP contribution is -3.00. The highest BCUT2D eigenvalue weighted by Gasteiger charge is 2.09. The first-order valence-electron chi connectivity index (χ1n) is 4.76. The average molecular weight is 194 g/mol. The zero-order valence-electron chi connectivity index (χ0n) is 9.23. The van der Waals surface area contributed by atoms with Crippen LogP contribution in [0.15, 0.2) is 0 Å². The lowest BCUT2D eigenvalue weighted by atomic mass is 10.0. The molecule has 0 aromatic heterocycles. The molecular formula is C10H24ClN. The molecule has 0 spiro atoms. The number of hydrogen-bond donors (Lipinski definition) is 0. The summed E-state index contributed by atoms with van der Waals surface area (Å²) < 4.78 is 1.11. The van der Waals surface area contributed by atoms with Crippen LogP contribution in [0.5, 0.6) is 0 Å². The van der Waals surface area contributed by atoms with Crippen molar-refractivity contribution in [1.29, 1.82) is 0 Å². The normalized spacial score (nSPS) is 13.8. The molecule has 0 aromatic rings. The van der Waals surface area contributed by atoms with Gasteiger partial charge in [0, 0.05) is 0 Å². The molecule has 0 aliphatic carbocycles. The van der Waals surface area contributed by atoms with E-state index in [0.717, 1.165) is 10.4 Å². The fourth-order valence-electron chi connectivity index (χ4n) is 1.24. The van der Waals surface area contributed by atoms with E-state index < -0.39 is 0 Å². The predicted octanol–water partition coefficient (Wildman–Crippen LogP) is -0.477. The Kier molecular flexibility index (Phi) is 8.28. The molecule has 0 radical (unpaired) electrons. The van der Waals surface area contributed by atoms with Gasteiger partial charge in [0.25, 0.3) is 0 Å². The molecule has 0 heterocycles. The van der Waals surface area contributed by atoms with Crippen molar-refractivity contribution in [2.24, 2.45) is 5.92 Å². The Morgan fingerprint density at radius 1 is 1.08 bits per heavy atom. The van der Waals surface area contributed by atoms with Gasteiger partial charge in [-0.2, -0.15) is 0 Å². The van der Waals surface area contributed by atoms with E-state index >= 15 is 0 Å². The minimum atomic E-state index is 0. The van der Waals surface area contributed by atoms with E-state index in [0.29, 0.717) is 0 Å². The standard InChI is InChI=1S/C10H24N.ClH/c1-6-7-10(2)8-9-11(3,4)5;/h10H,6-9H2,1-5H3;1H/q+1;/p-1. The fraction of sp³-hybridized carbons (Fsp3) is 1.00. The zero-order valence-corrected chi connectivity index (χ0v) is 9.99. The molecule has 0 fully saturated rings. The van der Waals surface area contributed by atoms with Crippen LogP contribution >= 0.6 is 0 Å². The number of quaternary nitrogens is 1. The Bertz CT molecular complexity index is 96.5. The number of halogens is 1. The van der Waals surface area contributed by atoms with Gasteiger partial charge in [-0.1, -0.05) is 26.7 Å². The fourth-order valence-corrected chi connectivity index (χ4v) is 1.24. The van der Waals surface area contributed by atoms with Gasteiger partial charge in [-0.15, -0.1) is 0 Å². The molecule has 1 atom stereocenters. The average Bonchev–Trinajstić information content (AvgIpc) is 1.83. The summed E-state index contributed by atoms with van der Waals surface area (Å²) in [5, 5.41) is 0. The smallest absolute Gasteiger partial charge is 0.0783 e. The summed E-state index contributed by atoms with van der Waals surface area (Å²) >= 11 is 0. The van der Waals surface area contributed by atoms with Crippen LogP contribution in [-0.2, 0) is 0 Å². The summed E-state index contributed by atoms with van der Waals surface area (Å²) in [6, 6.07) is 0. The molecule has 76 valence electrons. The van der Waals surface area contributed by atoms with Gasteiger partial charge in [0.05, 0.1) is 27.7 Å². The Labute approximate surface area is 84.1 Å².